The predicted molar refractivity (Wildman–Crippen MR) is 46.5 cm³/mol. The lowest BCUT2D eigenvalue weighted by Gasteiger charge is -2.05. The Morgan fingerprint density at radius 2 is 2.31 bits per heavy atom. The van der Waals surface area contributed by atoms with Crippen LogP contribution in [0.15, 0.2) is 6.07 Å². The van der Waals surface area contributed by atoms with E-state index >= 15 is 0 Å². The van der Waals surface area contributed by atoms with Crippen LogP contribution in [0.3, 0.4) is 0 Å². The third-order valence-corrected chi connectivity index (χ3v) is 2.22. The molecule has 2 rings (SSSR count). The van der Waals surface area contributed by atoms with Gasteiger partial charge in [-0.2, -0.15) is 0 Å². The first-order chi connectivity index (χ1) is 6.22. The lowest BCUT2D eigenvalue weighted by Crippen LogP contribution is -2.03. The van der Waals surface area contributed by atoms with Crippen LogP contribution in [0.5, 0.6) is 0 Å². The highest BCUT2D eigenvalue weighted by molar-refractivity contribution is 5.43. The van der Waals surface area contributed by atoms with E-state index in [4.69, 9.17) is 10.8 Å². The van der Waals surface area contributed by atoms with Crippen LogP contribution in [-0.4, -0.2) is 10.1 Å². The molecule has 70 valence electrons. The van der Waals surface area contributed by atoms with Gasteiger partial charge in [-0.25, -0.2) is 4.39 Å². The molecule has 1 fully saturated rings. The first-order valence-corrected chi connectivity index (χ1v) is 4.28. The summed E-state index contributed by atoms with van der Waals surface area (Å²) in [7, 11) is 0. The zero-order valence-electron chi connectivity index (χ0n) is 7.13. The van der Waals surface area contributed by atoms with Gasteiger partial charge in [-0.1, -0.05) is 0 Å². The van der Waals surface area contributed by atoms with E-state index in [0.717, 1.165) is 18.5 Å². The maximum Gasteiger partial charge on any atom is 0.169 e. The maximum atomic E-state index is 13.1. The molecule has 0 bridgehead atoms. The molecule has 3 nitrogen and oxygen atoms in total. The molecule has 3 N–H and O–H groups in total. The van der Waals surface area contributed by atoms with Crippen LogP contribution in [0.2, 0.25) is 0 Å². The topological polar surface area (TPSA) is 59.1 Å². The third kappa shape index (κ3) is 1.49. The summed E-state index contributed by atoms with van der Waals surface area (Å²) in [6.45, 7) is -0.392. The van der Waals surface area contributed by atoms with E-state index in [9.17, 15) is 4.39 Å². The molecule has 0 saturated heterocycles. The van der Waals surface area contributed by atoms with Crippen LogP contribution in [0.1, 0.15) is 30.1 Å². The quantitative estimate of drug-likeness (QED) is 0.721. The van der Waals surface area contributed by atoms with Crippen molar-refractivity contribution >= 4 is 5.69 Å². The molecule has 0 radical (unpaired) electrons. The standard InChI is InChI=1S/C9H11FN2O/c10-9-6(11)3-7(5-1-2-5)12-8(9)4-13/h3,5,13H,1-2,4H2,(H2,11,12). The van der Waals surface area contributed by atoms with Crippen molar-refractivity contribution in [3.8, 4) is 0 Å². The van der Waals surface area contributed by atoms with Gasteiger partial charge in [0.1, 0.15) is 5.69 Å². The molecule has 0 aliphatic heterocycles. The number of anilines is 1. The first kappa shape index (κ1) is 8.44. The molecule has 1 aliphatic carbocycles. The number of nitrogens with two attached hydrogens (primary N) is 1. The van der Waals surface area contributed by atoms with Gasteiger partial charge in [0, 0.05) is 11.6 Å². The van der Waals surface area contributed by atoms with Gasteiger partial charge in [-0.3, -0.25) is 4.98 Å². The Morgan fingerprint density at radius 3 is 2.85 bits per heavy atom. The molecular formula is C9H11FN2O. The molecule has 0 aromatic carbocycles. The summed E-state index contributed by atoms with van der Waals surface area (Å²) in [4.78, 5) is 4.01. The summed E-state index contributed by atoms with van der Waals surface area (Å²) in [5.74, 6) is -0.167. The summed E-state index contributed by atoms with van der Waals surface area (Å²) in [5.41, 5.74) is 6.39. The highest BCUT2D eigenvalue weighted by Crippen LogP contribution is 2.40. The van der Waals surface area contributed by atoms with Gasteiger partial charge >= 0.3 is 0 Å². The first-order valence-electron chi connectivity index (χ1n) is 4.28. The number of aliphatic hydroxyl groups excluding tert-OH is 1. The molecule has 1 aliphatic rings. The van der Waals surface area contributed by atoms with Crippen LogP contribution in [0, 0.1) is 5.82 Å². The molecule has 0 amide bonds. The lowest BCUT2D eigenvalue weighted by molar-refractivity contribution is 0.270. The van der Waals surface area contributed by atoms with Gasteiger partial charge in [0.2, 0.25) is 0 Å². The van der Waals surface area contributed by atoms with E-state index in [1.165, 1.54) is 0 Å². The van der Waals surface area contributed by atoms with Crippen molar-refractivity contribution in [3.05, 3.63) is 23.3 Å². The van der Waals surface area contributed by atoms with E-state index in [1.807, 2.05) is 0 Å². The van der Waals surface area contributed by atoms with E-state index in [1.54, 1.807) is 6.07 Å². The van der Waals surface area contributed by atoms with Crippen LogP contribution in [0.4, 0.5) is 10.1 Å². The van der Waals surface area contributed by atoms with Crippen molar-refractivity contribution < 1.29 is 9.50 Å². The van der Waals surface area contributed by atoms with E-state index < -0.39 is 12.4 Å². The molecule has 1 heterocycles. The zero-order valence-corrected chi connectivity index (χ0v) is 7.13. The number of halogens is 1. The minimum Gasteiger partial charge on any atom is -0.396 e. The fourth-order valence-electron chi connectivity index (χ4n) is 1.32. The minimum atomic E-state index is -0.591. The van der Waals surface area contributed by atoms with Gasteiger partial charge in [0.05, 0.1) is 12.3 Å². The second kappa shape index (κ2) is 2.96. The fraction of sp³-hybridized carbons (Fsp3) is 0.444. The molecular weight excluding hydrogens is 171 g/mol. The van der Waals surface area contributed by atoms with Crippen molar-refractivity contribution in [1.29, 1.82) is 0 Å². The lowest BCUT2D eigenvalue weighted by atomic mass is 10.2. The Labute approximate surface area is 75.4 Å². The molecule has 1 aromatic heterocycles. The second-order valence-corrected chi connectivity index (χ2v) is 3.33. The van der Waals surface area contributed by atoms with Crippen molar-refractivity contribution in [1.82, 2.24) is 4.98 Å². The van der Waals surface area contributed by atoms with Crippen molar-refractivity contribution in [2.75, 3.05) is 5.73 Å². The van der Waals surface area contributed by atoms with Gasteiger partial charge in [-0.05, 0) is 18.9 Å². The maximum absolute atomic E-state index is 13.1. The van der Waals surface area contributed by atoms with E-state index in [0.29, 0.717) is 5.92 Å². The second-order valence-electron chi connectivity index (χ2n) is 3.33. The number of hydrogen-bond acceptors (Lipinski definition) is 3. The Kier molecular flexibility index (Phi) is 1.92. The Balaban J connectivity index is 2.43. The van der Waals surface area contributed by atoms with Crippen molar-refractivity contribution in [2.45, 2.75) is 25.4 Å². The fourth-order valence-corrected chi connectivity index (χ4v) is 1.32. The number of hydrogen-bond donors (Lipinski definition) is 2. The summed E-state index contributed by atoms with van der Waals surface area (Å²) < 4.78 is 13.1. The summed E-state index contributed by atoms with van der Waals surface area (Å²) in [6, 6.07) is 1.56. The van der Waals surface area contributed by atoms with E-state index in [2.05, 4.69) is 4.98 Å². The number of aromatic nitrogens is 1. The van der Waals surface area contributed by atoms with Gasteiger partial charge in [-0.15, -0.1) is 0 Å². The highest BCUT2D eigenvalue weighted by Gasteiger charge is 2.26. The minimum absolute atomic E-state index is 0.0573. The zero-order chi connectivity index (χ0) is 9.42. The van der Waals surface area contributed by atoms with Gasteiger partial charge in [0.15, 0.2) is 5.82 Å². The Hall–Kier alpha value is -1.16. The third-order valence-electron chi connectivity index (χ3n) is 2.22. The molecule has 13 heavy (non-hydrogen) atoms. The normalized spacial score (nSPS) is 16.2. The van der Waals surface area contributed by atoms with E-state index in [-0.39, 0.29) is 11.4 Å². The van der Waals surface area contributed by atoms with Gasteiger partial charge in [0.25, 0.3) is 0 Å². The average molecular weight is 182 g/mol. The number of nitrogen functional groups attached to an aromatic ring is 1. The number of aliphatic hydroxyl groups is 1. The number of nitrogens with zero attached hydrogens (tertiary/aromatic N) is 1. The smallest absolute Gasteiger partial charge is 0.169 e. The molecule has 1 aromatic rings. The van der Waals surface area contributed by atoms with Crippen LogP contribution in [0.25, 0.3) is 0 Å². The largest absolute Gasteiger partial charge is 0.396 e. The molecule has 0 unspecified atom stereocenters. The predicted octanol–water partition coefficient (Wildman–Crippen LogP) is 1.17. The van der Waals surface area contributed by atoms with Gasteiger partial charge < -0.3 is 10.8 Å². The summed E-state index contributed by atoms with van der Waals surface area (Å²) in [6.07, 6.45) is 2.17. The number of rotatable bonds is 2. The van der Waals surface area contributed by atoms with Crippen LogP contribution in [-0.2, 0) is 6.61 Å². The SMILES string of the molecule is Nc1cc(C2CC2)nc(CO)c1F. The summed E-state index contributed by atoms with van der Waals surface area (Å²) >= 11 is 0. The Bertz CT molecular complexity index is 337. The average Bonchev–Trinajstić information content (AvgIpc) is 2.92. The van der Waals surface area contributed by atoms with Crippen LogP contribution < -0.4 is 5.73 Å². The molecule has 0 atom stereocenters. The number of pyridine rings is 1. The molecule has 1 saturated carbocycles. The van der Waals surface area contributed by atoms with Crippen molar-refractivity contribution in [2.24, 2.45) is 0 Å². The summed E-state index contributed by atoms with van der Waals surface area (Å²) in [5, 5.41) is 8.81. The molecule has 0 spiro atoms. The molecule has 4 heteroatoms. The highest BCUT2D eigenvalue weighted by atomic mass is 19.1. The Morgan fingerprint density at radius 1 is 1.62 bits per heavy atom. The van der Waals surface area contributed by atoms with Crippen molar-refractivity contribution in [3.63, 3.8) is 0 Å². The monoisotopic (exact) mass is 182 g/mol. The van der Waals surface area contributed by atoms with Crippen LogP contribution >= 0.6 is 0 Å².